The summed E-state index contributed by atoms with van der Waals surface area (Å²) in [4.78, 5) is 0. The summed E-state index contributed by atoms with van der Waals surface area (Å²) >= 11 is 0. The molecule has 0 amide bonds. The maximum atomic E-state index is 5.32. The standard InChI is InChI=1S/C11H12O/c1-4-10-6-7-11(12-5-2)8-9(10)3/h1,6-8H,5H2,2-3H3. The van der Waals surface area contributed by atoms with Gasteiger partial charge in [0.05, 0.1) is 6.61 Å². The number of hydrogen-bond acceptors (Lipinski definition) is 1. The zero-order valence-corrected chi connectivity index (χ0v) is 7.42. The van der Waals surface area contributed by atoms with E-state index in [1.807, 2.05) is 32.0 Å². The molecule has 1 aromatic rings. The van der Waals surface area contributed by atoms with E-state index < -0.39 is 0 Å². The van der Waals surface area contributed by atoms with Gasteiger partial charge in [-0.3, -0.25) is 0 Å². The molecule has 0 saturated carbocycles. The minimum absolute atomic E-state index is 0.689. The number of benzene rings is 1. The van der Waals surface area contributed by atoms with Crippen LogP contribution >= 0.6 is 0 Å². The molecule has 62 valence electrons. The molecule has 0 radical (unpaired) electrons. The lowest BCUT2D eigenvalue weighted by atomic mass is 10.1. The van der Waals surface area contributed by atoms with Gasteiger partial charge < -0.3 is 4.74 Å². The molecule has 0 unspecified atom stereocenters. The van der Waals surface area contributed by atoms with Gasteiger partial charge in [-0.25, -0.2) is 0 Å². The van der Waals surface area contributed by atoms with E-state index in [9.17, 15) is 0 Å². The minimum Gasteiger partial charge on any atom is -0.494 e. The minimum atomic E-state index is 0.689. The zero-order valence-electron chi connectivity index (χ0n) is 7.42. The smallest absolute Gasteiger partial charge is 0.119 e. The van der Waals surface area contributed by atoms with Crippen LogP contribution in [0.4, 0.5) is 0 Å². The van der Waals surface area contributed by atoms with Crippen LogP contribution in [-0.2, 0) is 0 Å². The topological polar surface area (TPSA) is 9.23 Å². The van der Waals surface area contributed by atoms with Crippen molar-refractivity contribution in [3.05, 3.63) is 29.3 Å². The first kappa shape index (κ1) is 8.67. The Bertz CT molecular complexity index is 307. The predicted octanol–water partition coefficient (Wildman–Crippen LogP) is 2.38. The molecule has 0 spiro atoms. The number of hydrogen-bond donors (Lipinski definition) is 0. The molecule has 0 aromatic heterocycles. The van der Waals surface area contributed by atoms with Crippen LogP contribution < -0.4 is 4.74 Å². The third-order valence-corrected chi connectivity index (χ3v) is 1.66. The van der Waals surface area contributed by atoms with Gasteiger partial charge in [0.2, 0.25) is 0 Å². The Kier molecular flexibility index (Phi) is 2.76. The molecule has 0 fully saturated rings. The molecular formula is C11H12O. The summed E-state index contributed by atoms with van der Waals surface area (Å²) in [5, 5.41) is 0. The fraction of sp³-hybridized carbons (Fsp3) is 0.273. The number of rotatable bonds is 2. The normalized spacial score (nSPS) is 9.08. The van der Waals surface area contributed by atoms with Crippen molar-refractivity contribution in [3.63, 3.8) is 0 Å². The fourth-order valence-electron chi connectivity index (χ4n) is 1.05. The average molecular weight is 160 g/mol. The first-order chi connectivity index (χ1) is 5.77. The van der Waals surface area contributed by atoms with Crippen molar-refractivity contribution in [1.29, 1.82) is 0 Å². The summed E-state index contributed by atoms with van der Waals surface area (Å²) in [6, 6.07) is 5.75. The Morgan fingerprint density at radius 1 is 1.50 bits per heavy atom. The van der Waals surface area contributed by atoms with Gasteiger partial charge in [-0.2, -0.15) is 0 Å². The molecule has 1 aromatic carbocycles. The van der Waals surface area contributed by atoms with Gasteiger partial charge in [-0.05, 0) is 37.6 Å². The third kappa shape index (κ3) is 1.79. The van der Waals surface area contributed by atoms with E-state index in [0.717, 1.165) is 16.9 Å². The van der Waals surface area contributed by atoms with Crippen molar-refractivity contribution >= 4 is 0 Å². The second-order valence-corrected chi connectivity index (χ2v) is 2.55. The number of ether oxygens (including phenoxy) is 1. The van der Waals surface area contributed by atoms with Crippen LogP contribution in [0, 0.1) is 19.3 Å². The van der Waals surface area contributed by atoms with E-state index in [1.165, 1.54) is 0 Å². The van der Waals surface area contributed by atoms with Gasteiger partial charge in [-0.15, -0.1) is 6.42 Å². The van der Waals surface area contributed by atoms with E-state index in [2.05, 4.69) is 5.92 Å². The van der Waals surface area contributed by atoms with E-state index in [0.29, 0.717) is 6.61 Å². The Balaban J connectivity index is 2.96. The van der Waals surface area contributed by atoms with Crippen molar-refractivity contribution in [2.75, 3.05) is 6.61 Å². The lowest BCUT2D eigenvalue weighted by Gasteiger charge is -2.04. The molecule has 0 bridgehead atoms. The molecule has 0 aliphatic carbocycles. The van der Waals surface area contributed by atoms with Crippen molar-refractivity contribution in [2.45, 2.75) is 13.8 Å². The second-order valence-electron chi connectivity index (χ2n) is 2.55. The first-order valence-electron chi connectivity index (χ1n) is 3.98. The SMILES string of the molecule is C#Cc1ccc(OCC)cc1C. The highest BCUT2D eigenvalue weighted by atomic mass is 16.5. The summed E-state index contributed by atoms with van der Waals surface area (Å²) in [6.07, 6.45) is 5.28. The maximum Gasteiger partial charge on any atom is 0.119 e. The van der Waals surface area contributed by atoms with Crippen molar-refractivity contribution < 1.29 is 4.74 Å². The molecular weight excluding hydrogens is 148 g/mol. The summed E-state index contributed by atoms with van der Waals surface area (Å²) in [5.41, 5.74) is 2.02. The second kappa shape index (κ2) is 3.82. The van der Waals surface area contributed by atoms with E-state index in [4.69, 9.17) is 11.2 Å². The van der Waals surface area contributed by atoms with E-state index >= 15 is 0 Å². The molecule has 0 atom stereocenters. The highest BCUT2D eigenvalue weighted by molar-refractivity contribution is 5.43. The van der Waals surface area contributed by atoms with Crippen LogP contribution in [0.15, 0.2) is 18.2 Å². The highest BCUT2D eigenvalue weighted by Crippen LogP contribution is 2.16. The van der Waals surface area contributed by atoms with Gasteiger partial charge in [0.15, 0.2) is 0 Å². The number of terminal acetylenes is 1. The molecule has 0 saturated heterocycles. The van der Waals surface area contributed by atoms with Gasteiger partial charge in [0.25, 0.3) is 0 Å². The Morgan fingerprint density at radius 2 is 2.25 bits per heavy atom. The van der Waals surface area contributed by atoms with E-state index in [-0.39, 0.29) is 0 Å². The molecule has 0 N–H and O–H groups in total. The van der Waals surface area contributed by atoms with E-state index in [1.54, 1.807) is 0 Å². The lowest BCUT2D eigenvalue weighted by molar-refractivity contribution is 0.340. The lowest BCUT2D eigenvalue weighted by Crippen LogP contribution is -1.92. The van der Waals surface area contributed by atoms with Crippen molar-refractivity contribution in [2.24, 2.45) is 0 Å². The highest BCUT2D eigenvalue weighted by Gasteiger charge is 1.96. The van der Waals surface area contributed by atoms with Crippen LogP contribution in [0.1, 0.15) is 18.1 Å². The molecule has 0 heterocycles. The molecule has 1 nitrogen and oxygen atoms in total. The van der Waals surface area contributed by atoms with Gasteiger partial charge in [0.1, 0.15) is 5.75 Å². The third-order valence-electron chi connectivity index (χ3n) is 1.66. The summed E-state index contributed by atoms with van der Waals surface area (Å²) in [7, 11) is 0. The summed E-state index contributed by atoms with van der Waals surface area (Å²) in [5.74, 6) is 3.49. The monoisotopic (exact) mass is 160 g/mol. The maximum absolute atomic E-state index is 5.32. The van der Waals surface area contributed by atoms with Crippen molar-refractivity contribution in [1.82, 2.24) is 0 Å². The fourth-order valence-corrected chi connectivity index (χ4v) is 1.05. The largest absolute Gasteiger partial charge is 0.494 e. The first-order valence-corrected chi connectivity index (χ1v) is 3.98. The Hall–Kier alpha value is -1.42. The Labute approximate surface area is 73.4 Å². The molecule has 1 rings (SSSR count). The Morgan fingerprint density at radius 3 is 2.75 bits per heavy atom. The quantitative estimate of drug-likeness (QED) is 0.603. The average Bonchev–Trinajstić information content (AvgIpc) is 2.05. The van der Waals surface area contributed by atoms with Crippen LogP contribution in [0.2, 0.25) is 0 Å². The summed E-state index contributed by atoms with van der Waals surface area (Å²) in [6.45, 7) is 4.64. The predicted molar refractivity (Wildman–Crippen MR) is 50.3 cm³/mol. The summed E-state index contributed by atoms with van der Waals surface area (Å²) < 4.78 is 5.32. The molecule has 12 heavy (non-hydrogen) atoms. The van der Waals surface area contributed by atoms with Crippen LogP contribution in [0.25, 0.3) is 0 Å². The molecule has 0 aliphatic rings. The van der Waals surface area contributed by atoms with Crippen LogP contribution in [0.5, 0.6) is 5.75 Å². The van der Waals surface area contributed by atoms with Crippen molar-refractivity contribution in [3.8, 4) is 18.1 Å². The zero-order chi connectivity index (χ0) is 8.97. The van der Waals surface area contributed by atoms with Crippen LogP contribution in [0.3, 0.4) is 0 Å². The number of aryl methyl sites for hydroxylation is 1. The van der Waals surface area contributed by atoms with Crippen LogP contribution in [-0.4, -0.2) is 6.61 Å². The molecule has 1 heteroatoms. The molecule has 0 aliphatic heterocycles. The van der Waals surface area contributed by atoms with Gasteiger partial charge in [0, 0.05) is 5.56 Å². The van der Waals surface area contributed by atoms with Gasteiger partial charge in [-0.1, -0.05) is 5.92 Å². The van der Waals surface area contributed by atoms with Gasteiger partial charge >= 0.3 is 0 Å².